The lowest BCUT2D eigenvalue weighted by atomic mass is 9.97. The Hall–Kier alpha value is -1.55. The fraction of sp³-hybridized carbons (Fsp3) is 0.533. The summed E-state index contributed by atoms with van der Waals surface area (Å²) in [4.78, 5) is 10.4. The van der Waals surface area contributed by atoms with Crippen molar-refractivity contribution in [2.24, 2.45) is 7.05 Å². The predicted molar refractivity (Wildman–Crippen MR) is 76.0 cm³/mol. The first-order valence-corrected chi connectivity index (χ1v) is 7.06. The van der Waals surface area contributed by atoms with Crippen LogP contribution in [0.4, 0.5) is 0 Å². The van der Waals surface area contributed by atoms with Crippen molar-refractivity contribution in [1.29, 1.82) is 0 Å². The Morgan fingerprint density at radius 1 is 1.47 bits per heavy atom. The molecule has 1 aliphatic heterocycles. The average molecular weight is 258 g/mol. The Morgan fingerprint density at radius 2 is 2.37 bits per heavy atom. The molecule has 3 rings (SSSR count). The third-order valence-electron chi connectivity index (χ3n) is 4.05. The van der Waals surface area contributed by atoms with Crippen molar-refractivity contribution in [3.8, 4) is 0 Å². The molecule has 1 N–H and O–H groups in total. The van der Waals surface area contributed by atoms with Gasteiger partial charge in [-0.2, -0.15) is 0 Å². The van der Waals surface area contributed by atoms with Crippen LogP contribution in [0, 0.1) is 6.92 Å². The van der Waals surface area contributed by atoms with Crippen molar-refractivity contribution in [3.63, 3.8) is 0 Å². The Labute approximate surface area is 114 Å². The second-order valence-corrected chi connectivity index (χ2v) is 5.64. The minimum Gasteiger partial charge on any atom is -0.353 e. The average Bonchev–Trinajstić information content (AvgIpc) is 3.00. The first-order chi connectivity index (χ1) is 9.22. The highest BCUT2D eigenvalue weighted by molar-refractivity contribution is 5.08. The molecule has 1 saturated heterocycles. The molecule has 0 aromatic carbocycles. The van der Waals surface area contributed by atoms with Crippen LogP contribution in [-0.4, -0.2) is 32.5 Å². The number of rotatable bonds is 3. The van der Waals surface area contributed by atoms with Gasteiger partial charge in [-0.25, -0.2) is 4.98 Å². The quantitative estimate of drug-likeness (QED) is 0.918. The van der Waals surface area contributed by atoms with Gasteiger partial charge in [0.2, 0.25) is 0 Å². The van der Waals surface area contributed by atoms with Gasteiger partial charge in [0.1, 0.15) is 5.82 Å². The van der Waals surface area contributed by atoms with Crippen LogP contribution in [0.25, 0.3) is 0 Å². The van der Waals surface area contributed by atoms with Gasteiger partial charge in [0.05, 0.1) is 0 Å². The van der Waals surface area contributed by atoms with Crippen LogP contribution >= 0.6 is 0 Å². The minimum absolute atomic E-state index is 0.558. The van der Waals surface area contributed by atoms with Crippen molar-refractivity contribution < 1.29 is 0 Å². The van der Waals surface area contributed by atoms with Gasteiger partial charge in [-0.1, -0.05) is 0 Å². The van der Waals surface area contributed by atoms with E-state index in [9.17, 15) is 0 Å². The smallest absolute Gasteiger partial charge is 0.110 e. The number of imidazole rings is 1. The fourth-order valence-corrected chi connectivity index (χ4v) is 2.95. The lowest BCUT2D eigenvalue weighted by molar-refractivity contribution is 0.193. The van der Waals surface area contributed by atoms with Crippen LogP contribution in [-0.2, 0) is 13.6 Å². The highest BCUT2D eigenvalue weighted by Crippen LogP contribution is 2.25. The molecule has 3 heterocycles. The molecule has 2 aromatic heterocycles. The zero-order valence-corrected chi connectivity index (χ0v) is 11.8. The molecule has 4 nitrogen and oxygen atoms in total. The molecule has 2 aromatic rings. The topological polar surface area (TPSA) is 36.9 Å². The summed E-state index contributed by atoms with van der Waals surface area (Å²) in [6.45, 7) is 5.42. The van der Waals surface area contributed by atoms with Crippen LogP contribution in [0.15, 0.2) is 24.5 Å². The molecule has 0 saturated carbocycles. The molecule has 0 unspecified atom stereocenters. The number of aryl methyl sites for hydroxylation is 2. The monoisotopic (exact) mass is 258 g/mol. The minimum atomic E-state index is 0.558. The van der Waals surface area contributed by atoms with Gasteiger partial charge >= 0.3 is 0 Å². The maximum Gasteiger partial charge on any atom is 0.110 e. The van der Waals surface area contributed by atoms with E-state index in [0.717, 1.165) is 24.6 Å². The summed E-state index contributed by atoms with van der Waals surface area (Å²) in [5.74, 6) is 1.72. The molecule has 102 valence electrons. The molecular weight excluding hydrogens is 236 g/mol. The predicted octanol–water partition coefficient (Wildman–Crippen LogP) is 2.44. The molecule has 1 fully saturated rings. The first-order valence-electron chi connectivity index (χ1n) is 7.06. The van der Waals surface area contributed by atoms with E-state index in [1.807, 2.05) is 6.20 Å². The summed E-state index contributed by atoms with van der Waals surface area (Å²) < 4.78 is 2.21. The standard InChI is InChI=1S/C15H22N4/c1-12-9-16-15(17-12)13-5-3-8-19(10-13)11-14-6-4-7-18(14)2/h4,6-7,9,13H,3,5,8,10-11H2,1-2H3,(H,16,17)/t13-/m1/s1. The molecule has 1 aliphatic rings. The van der Waals surface area contributed by atoms with Crippen molar-refractivity contribution in [1.82, 2.24) is 19.4 Å². The van der Waals surface area contributed by atoms with Crippen LogP contribution in [0.2, 0.25) is 0 Å². The van der Waals surface area contributed by atoms with Crippen molar-refractivity contribution in [2.45, 2.75) is 32.2 Å². The van der Waals surface area contributed by atoms with E-state index in [1.165, 1.54) is 25.1 Å². The van der Waals surface area contributed by atoms with Gasteiger partial charge in [0.15, 0.2) is 0 Å². The number of hydrogen-bond acceptors (Lipinski definition) is 2. The zero-order chi connectivity index (χ0) is 13.2. The highest BCUT2D eigenvalue weighted by atomic mass is 15.2. The Bertz CT molecular complexity index is 540. The molecular formula is C15H22N4. The van der Waals surface area contributed by atoms with E-state index < -0.39 is 0 Å². The largest absolute Gasteiger partial charge is 0.353 e. The van der Waals surface area contributed by atoms with Gasteiger partial charge in [-0.05, 0) is 38.4 Å². The van der Waals surface area contributed by atoms with Crippen LogP contribution in [0.5, 0.6) is 0 Å². The summed E-state index contributed by atoms with van der Waals surface area (Å²) in [5, 5.41) is 0. The molecule has 0 bridgehead atoms. The van der Waals surface area contributed by atoms with Crippen LogP contribution in [0.1, 0.15) is 36.0 Å². The number of aromatic amines is 1. The summed E-state index contributed by atoms with van der Waals surface area (Å²) >= 11 is 0. The zero-order valence-electron chi connectivity index (χ0n) is 11.8. The lowest BCUT2D eigenvalue weighted by Gasteiger charge is -2.31. The van der Waals surface area contributed by atoms with Crippen molar-refractivity contribution in [3.05, 3.63) is 41.7 Å². The SMILES string of the molecule is Cc1cnc([C@@H]2CCCN(Cc3cccn3C)C2)[nH]1. The van der Waals surface area contributed by atoms with E-state index in [1.54, 1.807) is 0 Å². The molecule has 4 heteroatoms. The van der Waals surface area contributed by atoms with E-state index in [4.69, 9.17) is 0 Å². The third-order valence-corrected chi connectivity index (χ3v) is 4.05. The van der Waals surface area contributed by atoms with E-state index >= 15 is 0 Å². The summed E-state index contributed by atoms with van der Waals surface area (Å²) in [6, 6.07) is 4.33. The van der Waals surface area contributed by atoms with Crippen molar-refractivity contribution in [2.75, 3.05) is 13.1 Å². The number of likely N-dealkylation sites (tertiary alicyclic amines) is 1. The van der Waals surface area contributed by atoms with Crippen molar-refractivity contribution >= 4 is 0 Å². The van der Waals surface area contributed by atoms with Gasteiger partial charge in [0, 0.05) is 49.8 Å². The molecule has 1 atom stereocenters. The van der Waals surface area contributed by atoms with Crippen LogP contribution in [0.3, 0.4) is 0 Å². The Balaban J connectivity index is 1.66. The molecule has 0 spiro atoms. The number of hydrogen-bond donors (Lipinski definition) is 1. The molecule has 0 radical (unpaired) electrons. The maximum atomic E-state index is 4.50. The third kappa shape index (κ3) is 2.73. The van der Waals surface area contributed by atoms with Gasteiger partial charge in [-0.3, -0.25) is 4.90 Å². The Morgan fingerprint density at radius 3 is 3.05 bits per heavy atom. The summed E-state index contributed by atoms with van der Waals surface area (Å²) in [7, 11) is 2.12. The molecule has 0 amide bonds. The molecule has 0 aliphatic carbocycles. The second kappa shape index (κ2) is 5.21. The number of aromatic nitrogens is 3. The van der Waals surface area contributed by atoms with Gasteiger partial charge in [0.25, 0.3) is 0 Å². The normalized spacial score (nSPS) is 20.8. The van der Waals surface area contributed by atoms with Gasteiger partial charge in [-0.15, -0.1) is 0 Å². The lowest BCUT2D eigenvalue weighted by Crippen LogP contribution is -2.34. The number of piperidine rings is 1. The van der Waals surface area contributed by atoms with E-state index in [-0.39, 0.29) is 0 Å². The molecule has 19 heavy (non-hydrogen) atoms. The van der Waals surface area contributed by atoms with Crippen LogP contribution < -0.4 is 0 Å². The maximum absolute atomic E-state index is 4.50. The summed E-state index contributed by atoms with van der Waals surface area (Å²) in [5.41, 5.74) is 2.55. The number of nitrogens with one attached hydrogen (secondary N) is 1. The highest BCUT2D eigenvalue weighted by Gasteiger charge is 2.23. The second-order valence-electron chi connectivity index (χ2n) is 5.64. The number of nitrogens with zero attached hydrogens (tertiary/aromatic N) is 3. The number of H-pyrrole nitrogens is 1. The first kappa shape index (κ1) is 12.5. The van der Waals surface area contributed by atoms with Gasteiger partial charge < -0.3 is 9.55 Å². The van der Waals surface area contributed by atoms with E-state index in [0.29, 0.717) is 5.92 Å². The summed E-state index contributed by atoms with van der Waals surface area (Å²) in [6.07, 6.45) is 6.56. The Kier molecular flexibility index (Phi) is 3.42. The van der Waals surface area contributed by atoms with E-state index in [2.05, 4.69) is 51.7 Å². The fourth-order valence-electron chi connectivity index (χ4n) is 2.95.